The lowest BCUT2D eigenvalue weighted by molar-refractivity contribution is 0.0524. The molecule has 0 aliphatic rings. The summed E-state index contributed by atoms with van der Waals surface area (Å²) in [6.45, 7) is 3.55. The second-order valence-electron chi connectivity index (χ2n) is 4.25. The molecule has 110 valence electrons. The number of thiophene rings is 1. The summed E-state index contributed by atoms with van der Waals surface area (Å²) in [7, 11) is 1.31. The number of nitrogens with one attached hydrogen (secondary N) is 1. The Morgan fingerprint density at radius 2 is 2.05 bits per heavy atom. The standard InChI is InChI=1S/C14H14N2O4S/c1-8-10(12(9(2)16-8)14(18)19-3)7-15-20-13(17)11-5-4-6-21-11/h4-7,16H,1-3H3/b15-7+. The number of ether oxygens (including phenoxy) is 1. The predicted molar refractivity (Wildman–Crippen MR) is 78.9 cm³/mol. The molecule has 0 aliphatic heterocycles. The van der Waals surface area contributed by atoms with Gasteiger partial charge in [0.05, 0.1) is 18.9 Å². The number of aryl methyl sites for hydroxylation is 2. The van der Waals surface area contributed by atoms with Crippen molar-refractivity contribution in [2.24, 2.45) is 5.16 Å². The third-order valence-electron chi connectivity index (χ3n) is 2.85. The zero-order chi connectivity index (χ0) is 15.4. The first-order valence-electron chi connectivity index (χ1n) is 6.10. The molecule has 0 saturated carbocycles. The van der Waals surface area contributed by atoms with Gasteiger partial charge in [0.15, 0.2) is 0 Å². The normalized spacial score (nSPS) is 10.8. The van der Waals surface area contributed by atoms with Crippen LogP contribution >= 0.6 is 11.3 Å². The van der Waals surface area contributed by atoms with Gasteiger partial charge in [-0.25, -0.2) is 9.59 Å². The average Bonchev–Trinajstić information content (AvgIpc) is 3.07. The van der Waals surface area contributed by atoms with Crippen molar-refractivity contribution in [1.29, 1.82) is 0 Å². The molecule has 2 aromatic heterocycles. The van der Waals surface area contributed by atoms with Crippen molar-refractivity contribution in [2.45, 2.75) is 13.8 Å². The van der Waals surface area contributed by atoms with Crippen molar-refractivity contribution < 1.29 is 19.2 Å². The zero-order valence-electron chi connectivity index (χ0n) is 11.8. The van der Waals surface area contributed by atoms with Gasteiger partial charge in [0.25, 0.3) is 0 Å². The first kappa shape index (κ1) is 15.0. The van der Waals surface area contributed by atoms with Gasteiger partial charge in [-0.1, -0.05) is 11.2 Å². The highest BCUT2D eigenvalue weighted by Gasteiger charge is 2.19. The molecule has 6 nitrogen and oxygen atoms in total. The van der Waals surface area contributed by atoms with Crippen molar-refractivity contribution in [3.63, 3.8) is 0 Å². The second-order valence-corrected chi connectivity index (χ2v) is 5.19. The van der Waals surface area contributed by atoms with E-state index in [1.54, 1.807) is 31.4 Å². The highest BCUT2D eigenvalue weighted by atomic mass is 32.1. The minimum absolute atomic E-state index is 0.380. The van der Waals surface area contributed by atoms with Gasteiger partial charge in [-0.3, -0.25) is 0 Å². The summed E-state index contributed by atoms with van der Waals surface area (Å²) in [4.78, 5) is 31.7. The maximum absolute atomic E-state index is 11.7. The Balaban J connectivity index is 2.18. The van der Waals surface area contributed by atoms with Crippen LogP contribution in [-0.2, 0) is 9.57 Å². The number of methoxy groups -OCH3 is 1. The SMILES string of the molecule is COC(=O)c1c(C)[nH]c(C)c1/C=N/OC(=O)c1cccs1. The average molecular weight is 306 g/mol. The summed E-state index contributed by atoms with van der Waals surface area (Å²) in [5.41, 5.74) is 2.33. The molecule has 0 amide bonds. The van der Waals surface area contributed by atoms with Crippen LogP contribution in [0.1, 0.15) is 37.0 Å². The van der Waals surface area contributed by atoms with Crippen LogP contribution in [0.4, 0.5) is 0 Å². The van der Waals surface area contributed by atoms with Crippen molar-refractivity contribution in [3.8, 4) is 0 Å². The number of aromatic amines is 1. The summed E-state index contributed by atoms with van der Waals surface area (Å²) in [5, 5.41) is 5.43. The molecule has 0 unspecified atom stereocenters. The molecule has 0 saturated heterocycles. The van der Waals surface area contributed by atoms with Crippen molar-refractivity contribution in [3.05, 3.63) is 44.9 Å². The number of oxime groups is 1. The Labute approximate surface area is 125 Å². The Bertz CT molecular complexity index is 686. The molecule has 2 heterocycles. The van der Waals surface area contributed by atoms with Gasteiger partial charge in [-0.05, 0) is 25.3 Å². The van der Waals surface area contributed by atoms with Gasteiger partial charge in [0.2, 0.25) is 0 Å². The molecule has 1 N–H and O–H groups in total. The van der Waals surface area contributed by atoms with E-state index in [2.05, 4.69) is 10.1 Å². The van der Waals surface area contributed by atoms with E-state index < -0.39 is 11.9 Å². The van der Waals surface area contributed by atoms with E-state index in [-0.39, 0.29) is 0 Å². The number of hydrogen-bond donors (Lipinski definition) is 1. The second kappa shape index (κ2) is 6.36. The largest absolute Gasteiger partial charge is 0.465 e. The quantitative estimate of drug-likeness (QED) is 0.407. The zero-order valence-corrected chi connectivity index (χ0v) is 12.6. The molecule has 2 aromatic rings. The van der Waals surface area contributed by atoms with Crippen molar-refractivity contribution >= 4 is 29.5 Å². The summed E-state index contributed by atoms with van der Waals surface area (Å²) in [6, 6.07) is 3.40. The van der Waals surface area contributed by atoms with Crippen LogP contribution in [0, 0.1) is 13.8 Å². The lowest BCUT2D eigenvalue weighted by Gasteiger charge is -2.00. The number of hydrogen-bond acceptors (Lipinski definition) is 6. The monoisotopic (exact) mass is 306 g/mol. The fraction of sp³-hybridized carbons (Fsp3) is 0.214. The van der Waals surface area contributed by atoms with Gasteiger partial charge in [-0.2, -0.15) is 0 Å². The van der Waals surface area contributed by atoms with Crippen LogP contribution < -0.4 is 0 Å². The van der Waals surface area contributed by atoms with Gasteiger partial charge < -0.3 is 14.6 Å². The molecule has 7 heteroatoms. The summed E-state index contributed by atoms with van der Waals surface area (Å²) < 4.78 is 4.73. The number of esters is 1. The molecule has 0 spiro atoms. The van der Waals surface area contributed by atoms with Crippen LogP contribution in [0.15, 0.2) is 22.7 Å². The van der Waals surface area contributed by atoms with E-state index in [1.807, 2.05) is 0 Å². The molecular formula is C14H14N2O4S. The number of rotatable bonds is 4. The summed E-state index contributed by atoms with van der Waals surface area (Å²) in [6.07, 6.45) is 1.33. The smallest absolute Gasteiger partial charge is 0.375 e. The highest BCUT2D eigenvalue weighted by molar-refractivity contribution is 7.11. The maximum atomic E-state index is 11.7. The van der Waals surface area contributed by atoms with E-state index in [1.165, 1.54) is 24.7 Å². The van der Waals surface area contributed by atoms with E-state index in [0.29, 0.717) is 21.7 Å². The van der Waals surface area contributed by atoms with Crippen molar-refractivity contribution in [1.82, 2.24) is 4.98 Å². The lowest BCUT2D eigenvalue weighted by atomic mass is 10.1. The molecule has 0 fully saturated rings. The Morgan fingerprint density at radius 1 is 1.29 bits per heavy atom. The highest BCUT2D eigenvalue weighted by Crippen LogP contribution is 2.17. The lowest BCUT2D eigenvalue weighted by Crippen LogP contribution is -2.06. The first-order chi connectivity index (χ1) is 10.0. The van der Waals surface area contributed by atoms with Gasteiger partial charge in [-0.15, -0.1) is 11.3 Å². The number of nitrogens with zero attached hydrogens (tertiary/aromatic N) is 1. The fourth-order valence-corrected chi connectivity index (χ4v) is 2.49. The minimum Gasteiger partial charge on any atom is -0.465 e. The van der Waals surface area contributed by atoms with Crippen LogP contribution in [0.2, 0.25) is 0 Å². The maximum Gasteiger partial charge on any atom is 0.375 e. The van der Waals surface area contributed by atoms with E-state index in [4.69, 9.17) is 9.57 Å². The third kappa shape index (κ3) is 3.19. The molecule has 0 aliphatic carbocycles. The topological polar surface area (TPSA) is 80.8 Å². The van der Waals surface area contributed by atoms with Crippen LogP contribution in [0.3, 0.4) is 0 Å². The first-order valence-corrected chi connectivity index (χ1v) is 6.98. The van der Waals surface area contributed by atoms with E-state index in [0.717, 1.165) is 5.69 Å². The predicted octanol–water partition coefficient (Wildman–Crippen LogP) is 2.67. The van der Waals surface area contributed by atoms with E-state index in [9.17, 15) is 9.59 Å². The van der Waals surface area contributed by atoms with Gasteiger partial charge in [0, 0.05) is 17.0 Å². The molecule has 0 bridgehead atoms. The number of aromatic nitrogens is 1. The number of H-pyrrole nitrogens is 1. The van der Waals surface area contributed by atoms with Crippen LogP contribution in [-0.4, -0.2) is 30.2 Å². The summed E-state index contributed by atoms with van der Waals surface area (Å²) in [5.74, 6) is -1.01. The molecular weight excluding hydrogens is 292 g/mol. The van der Waals surface area contributed by atoms with E-state index >= 15 is 0 Å². The molecule has 2 rings (SSSR count). The fourth-order valence-electron chi connectivity index (χ4n) is 1.89. The molecule has 0 aromatic carbocycles. The molecule has 0 radical (unpaired) electrons. The van der Waals surface area contributed by atoms with Gasteiger partial charge in [0.1, 0.15) is 4.88 Å². The molecule has 0 atom stereocenters. The Kier molecular flexibility index (Phi) is 4.54. The number of carbonyl (C=O) groups is 2. The van der Waals surface area contributed by atoms with Crippen LogP contribution in [0.25, 0.3) is 0 Å². The van der Waals surface area contributed by atoms with Crippen molar-refractivity contribution in [2.75, 3.05) is 7.11 Å². The number of carbonyl (C=O) groups excluding carboxylic acids is 2. The molecule has 21 heavy (non-hydrogen) atoms. The van der Waals surface area contributed by atoms with Gasteiger partial charge >= 0.3 is 11.9 Å². The third-order valence-corrected chi connectivity index (χ3v) is 3.70. The Morgan fingerprint density at radius 3 is 2.67 bits per heavy atom. The minimum atomic E-state index is -0.536. The summed E-state index contributed by atoms with van der Waals surface area (Å²) >= 11 is 1.27. The van der Waals surface area contributed by atoms with Crippen LogP contribution in [0.5, 0.6) is 0 Å². The Hall–Kier alpha value is -2.41.